The first kappa shape index (κ1) is 17.7. The van der Waals surface area contributed by atoms with Crippen molar-refractivity contribution in [3.63, 3.8) is 0 Å². The van der Waals surface area contributed by atoms with Gasteiger partial charge in [0.15, 0.2) is 0 Å². The van der Waals surface area contributed by atoms with Gasteiger partial charge in [-0.1, -0.05) is 30.3 Å². The molecule has 2 heterocycles. The maximum Gasteiger partial charge on any atom is 0.226 e. The van der Waals surface area contributed by atoms with Crippen molar-refractivity contribution in [3.05, 3.63) is 46.7 Å². The van der Waals surface area contributed by atoms with Gasteiger partial charge in [-0.05, 0) is 35.4 Å². The summed E-state index contributed by atoms with van der Waals surface area (Å²) in [5, 5.41) is 2.16. The van der Waals surface area contributed by atoms with E-state index in [1.54, 1.807) is 11.3 Å². The molecule has 1 aromatic heterocycles. The summed E-state index contributed by atoms with van der Waals surface area (Å²) in [5.74, 6) is 0.531. The zero-order valence-electron chi connectivity index (χ0n) is 14.6. The Kier molecular flexibility index (Phi) is 4.62. The van der Waals surface area contributed by atoms with E-state index in [0.717, 1.165) is 12.7 Å². The van der Waals surface area contributed by atoms with Crippen LogP contribution in [0.2, 0.25) is 0 Å². The van der Waals surface area contributed by atoms with Crippen molar-refractivity contribution in [2.24, 2.45) is 5.92 Å². The summed E-state index contributed by atoms with van der Waals surface area (Å²) in [4.78, 5) is 15.8. The Morgan fingerprint density at radius 2 is 2.00 bits per heavy atom. The lowest BCUT2D eigenvalue weighted by Crippen LogP contribution is -2.38. The molecule has 0 bridgehead atoms. The van der Waals surface area contributed by atoms with Crippen molar-refractivity contribution in [3.8, 4) is 11.1 Å². The Morgan fingerprint density at radius 1 is 1.23 bits per heavy atom. The fraction of sp³-hybridized carbons (Fsp3) is 0.421. The predicted octanol–water partition coefficient (Wildman–Crippen LogP) is 2.67. The number of rotatable bonds is 5. The molecule has 0 radical (unpaired) electrons. The standard InChI is InChI=1S/C19H22N2O3S2/c1-26(23,24)20-15-7-8-21(11-15)19(22)17-10-16(17)18-9-14(12-25-18)13-5-3-2-4-6-13/h2-6,9,12,15-17,20H,7-8,10-11H2,1H3/t15-,16+,17+/m0/s1. The van der Waals surface area contributed by atoms with Crippen LogP contribution in [-0.2, 0) is 14.8 Å². The minimum absolute atomic E-state index is 0.0502. The van der Waals surface area contributed by atoms with Gasteiger partial charge < -0.3 is 4.90 Å². The van der Waals surface area contributed by atoms with Crippen LogP contribution in [0.15, 0.2) is 41.8 Å². The van der Waals surface area contributed by atoms with Crippen molar-refractivity contribution >= 4 is 27.3 Å². The molecule has 1 amide bonds. The number of nitrogens with one attached hydrogen (secondary N) is 1. The van der Waals surface area contributed by atoms with Gasteiger partial charge in [0.2, 0.25) is 15.9 Å². The molecular formula is C19H22N2O3S2. The van der Waals surface area contributed by atoms with Crippen molar-refractivity contribution in [1.29, 1.82) is 0 Å². The summed E-state index contributed by atoms with van der Waals surface area (Å²) < 4.78 is 25.3. The number of hydrogen-bond donors (Lipinski definition) is 1. The molecule has 7 heteroatoms. The normalized spacial score (nSPS) is 25.4. The molecule has 5 nitrogen and oxygen atoms in total. The van der Waals surface area contributed by atoms with Crippen LogP contribution in [0.3, 0.4) is 0 Å². The van der Waals surface area contributed by atoms with Crippen LogP contribution in [0, 0.1) is 5.92 Å². The second-order valence-electron chi connectivity index (χ2n) is 7.21. The molecule has 0 spiro atoms. The van der Waals surface area contributed by atoms with Crippen LogP contribution in [0.25, 0.3) is 11.1 Å². The number of sulfonamides is 1. The summed E-state index contributed by atoms with van der Waals surface area (Å²) in [5.41, 5.74) is 2.41. The third-order valence-corrected chi connectivity index (χ3v) is 6.91. The Hall–Kier alpha value is -1.70. The van der Waals surface area contributed by atoms with Crippen LogP contribution in [0.4, 0.5) is 0 Å². The van der Waals surface area contributed by atoms with E-state index in [-0.39, 0.29) is 17.9 Å². The number of thiophene rings is 1. The molecule has 3 atom stereocenters. The summed E-state index contributed by atoms with van der Waals surface area (Å²) in [6.07, 6.45) is 2.75. The average molecular weight is 391 g/mol. The zero-order valence-corrected chi connectivity index (χ0v) is 16.2. The monoisotopic (exact) mass is 390 g/mol. The Bertz CT molecular complexity index is 908. The van der Waals surface area contributed by atoms with E-state index in [9.17, 15) is 13.2 Å². The van der Waals surface area contributed by atoms with Gasteiger partial charge in [0, 0.05) is 35.8 Å². The number of amides is 1. The average Bonchev–Trinajstić information content (AvgIpc) is 3.02. The predicted molar refractivity (Wildman–Crippen MR) is 104 cm³/mol. The van der Waals surface area contributed by atoms with Crippen molar-refractivity contribution in [2.75, 3.05) is 19.3 Å². The molecule has 1 aliphatic heterocycles. The van der Waals surface area contributed by atoms with Gasteiger partial charge in [-0.3, -0.25) is 4.79 Å². The highest BCUT2D eigenvalue weighted by atomic mass is 32.2. The van der Waals surface area contributed by atoms with Gasteiger partial charge in [0.1, 0.15) is 0 Å². The first-order valence-corrected chi connectivity index (χ1v) is 11.6. The van der Waals surface area contributed by atoms with Crippen molar-refractivity contribution in [2.45, 2.75) is 24.8 Å². The summed E-state index contributed by atoms with van der Waals surface area (Å²) in [6, 6.07) is 12.3. The van der Waals surface area contributed by atoms with Crippen LogP contribution in [0.5, 0.6) is 0 Å². The number of carbonyl (C=O) groups is 1. The third kappa shape index (κ3) is 3.84. The van der Waals surface area contributed by atoms with Gasteiger partial charge >= 0.3 is 0 Å². The number of hydrogen-bond acceptors (Lipinski definition) is 4. The number of likely N-dealkylation sites (tertiary alicyclic amines) is 1. The molecule has 138 valence electrons. The molecule has 2 aliphatic rings. The summed E-state index contributed by atoms with van der Waals surface area (Å²) in [7, 11) is -3.22. The molecule has 2 fully saturated rings. The van der Waals surface area contributed by atoms with Gasteiger partial charge in [0.05, 0.1) is 6.26 Å². The van der Waals surface area contributed by atoms with E-state index in [2.05, 4.69) is 28.3 Å². The molecule has 1 aliphatic carbocycles. The smallest absolute Gasteiger partial charge is 0.226 e. The lowest BCUT2D eigenvalue weighted by atomic mass is 10.1. The topological polar surface area (TPSA) is 66.5 Å². The maximum atomic E-state index is 12.7. The van der Waals surface area contributed by atoms with E-state index in [1.165, 1.54) is 16.0 Å². The molecule has 0 unspecified atom stereocenters. The molecule has 2 aromatic rings. The van der Waals surface area contributed by atoms with Crippen molar-refractivity contribution in [1.82, 2.24) is 9.62 Å². The Labute approximate surface area is 158 Å². The molecule has 26 heavy (non-hydrogen) atoms. The molecule has 1 saturated heterocycles. The van der Waals surface area contributed by atoms with Crippen LogP contribution in [0.1, 0.15) is 23.6 Å². The Balaban J connectivity index is 1.37. The van der Waals surface area contributed by atoms with E-state index in [1.807, 2.05) is 23.1 Å². The van der Waals surface area contributed by atoms with E-state index >= 15 is 0 Å². The zero-order chi connectivity index (χ0) is 18.3. The van der Waals surface area contributed by atoms with Gasteiger partial charge in [-0.2, -0.15) is 0 Å². The molecule has 1 saturated carbocycles. The SMILES string of the molecule is CS(=O)(=O)N[C@H]1CCN(C(=O)[C@@H]2C[C@H]2c2cc(-c3ccccc3)cs2)C1. The molecule has 1 aromatic carbocycles. The largest absolute Gasteiger partial charge is 0.341 e. The van der Waals surface area contributed by atoms with E-state index in [4.69, 9.17) is 0 Å². The first-order valence-electron chi connectivity index (χ1n) is 8.80. The maximum absolute atomic E-state index is 12.7. The summed E-state index contributed by atoms with van der Waals surface area (Å²) in [6.45, 7) is 1.11. The molecular weight excluding hydrogens is 368 g/mol. The highest BCUT2D eigenvalue weighted by molar-refractivity contribution is 7.88. The first-order chi connectivity index (χ1) is 12.4. The highest BCUT2D eigenvalue weighted by Crippen LogP contribution is 2.51. The minimum Gasteiger partial charge on any atom is -0.341 e. The van der Waals surface area contributed by atoms with Crippen molar-refractivity contribution < 1.29 is 13.2 Å². The minimum atomic E-state index is -3.22. The van der Waals surface area contributed by atoms with E-state index in [0.29, 0.717) is 25.4 Å². The van der Waals surface area contributed by atoms with Crippen LogP contribution < -0.4 is 4.72 Å². The van der Waals surface area contributed by atoms with Crippen LogP contribution in [-0.4, -0.2) is 44.6 Å². The molecule has 1 N–H and O–H groups in total. The molecule has 4 rings (SSSR count). The number of benzene rings is 1. The third-order valence-electron chi connectivity index (χ3n) is 5.08. The van der Waals surface area contributed by atoms with E-state index < -0.39 is 10.0 Å². The van der Waals surface area contributed by atoms with Gasteiger partial charge in [-0.15, -0.1) is 11.3 Å². The summed E-state index contributed by atoms with van der Waals surface area (Å²) >= 11 is 1.72. The number of nitrogens with zero attached hydrogens (tertiary/aromatic N) is 1. The lowest BCUT2D eigenvalue weighted by molar-refractivity contribution is -0.131. The quantitative estimate of drug-likeness (QED) is 0.854. The second-order valence-corrected chi connectivity index (χ2v) is 9.94. The van der Waals surface area contributed by atoms with Gasteiger partial charge in [0.25, 0.3) is 0 Å². The second kappa shape index (κ2) is 6.79. The lowest BCUT2D eigenvalue weighted by Gasteiger charge is -2.16. The van der Waals surface area contributed by atoms with Crippen LogP contribution >= 0.6 is 11.3 Å². The fourth-order valence-electron chi connectivity index (χ4n) is 3.71. The fourth-order valence-corrected chi connectivity index (χ4v) is 5.60. The highest BCUT2D eigenvalue weighted by Gasteiger charge is 2.47. The van der Waals surface area contributed by atoms with Gasteiger partial charge in [-0.25, -0.2) is 13.1 Å². The Morgan fingerprint density at radius 3 is 2.73 bits per heavy atom. The number of carbonyl (C=O) groups excluding carboxylic acids is 1.